The first kappa shape index (κ1) is 21.6. The van der Waals surface area contributed by atoms with Crippen LogP contribution < -0.4 is 8.79 Å². The van der Waals surface area contributed by atoms with Gasteiger partial charge in [0.05, 0.1) is 0 Å². The summed E-state index contributed by atoms with van der Waals surface area (Å²) < 4.78 is 3.73. The Morgan fingerprint density at radius 1 is 0.778 bits per heavy atom. The van der Waals surface area contributed by atoms with E-state index in [-0.39, 0.29) is 0 Å². The molecule has 0 saturated carbocycles. The van der Waals surface area contributed by atoms with Gasteiger partial charge in [-0.05, 0) is 0 Å². The molecule has 1 aliphatic rings. The predicted molar refractivity (Wildman–Crippen MR) is 129 cm³/mol. The molecule has 0 amide bonds. The summed E-state index contributed by atoms with van der Waals surface area (Å²) in [5.41, 5.74) is 0. The van der Waals surface area contributed by atoms with Crippen molar-refractivity contribution in [1.82, 2.24) is 0 Å². The SMILES string of the molecule is CCCCCCC[CH2][Ge]1([CH2]C(CC)CCCC)[c]2ccsc2-c2scc[c]21. The summed E-state index contributed by atoms with van der Waals surface area (Å²) in [6.45, 7) is 7.11. The Balaban J connectivity index is 1.80. The number of thiophene rings is 2. The minimum atomic E-state index is -2.20. The van der Waals surface area contributed by atoms with E-state index in [2.05, 4.69) is 43.7 Å². The van der Waals surface area contributed by atoms with Crippen LogP contribution in [0.25, 0.3) is 9.75 Å². The van der Waals surface area contributed by atoms with Gasteiger partial charge in [-0.15, -0.1) is 0 Å². The van der Waals surface area contributed by atoms with Crippen LogP contribution in [0, 0.1) is 5.92 Å². The first-order chi connectivity index (χ1) is 13.3. The normalized spacial score (nSPS) is 15.7. The van der Waals surface area contributed by atoms with Gasteiger partial charge in [0.2, 0.25) is 0 Å². The van der Waals surface area contributed by atoms with Gasteiger partial charge in [-0.2, -0.15) is 0 Å². The fourth-order valence-electron chi connectivity index (χ4n) is 5.10. The predicted octanol–water partition coefficient (Wildman–Crippen LogP) is 7.93. The number of rotatable bonds is 13. The van der Waals surface area contributed by atoms with Crippen LogP contribution in [0.2, 0.25) is 10.5 Å². The van der Waals surface area contributed by atoms with Crippen LogP contribution in [0.15, 0.2) is 22.9 Å². The van der Waals surface area contributed by atoms with E-state index in [1.807, 2.05) is 31.5 Å². The van der Waals surface area contributed by atoms with Gasteiger partial charge < -0.3 is 0 Å². The zero-order valence-corrected chi connectivity index (χ0v) is 21.4. The van der Waals surface area contributed by atoms with Crippen LogP contribution >= 0.6 is 22.7 Å². The van der Waals surface area contributed by atoms with Gasteiger partial charge in [0.25, 0.3) is 0 Å². The van der Waals surface area contributed by atoms with Gasteiger partial charge in [-0.3, -0.25) is 0 Å². The number of hydrogen-bond donors (Lipinski definition) is 0. The number of fused-ring (bicyclic) bond motifs is 3. The van der Waals surface area contributed by atoms with Gasteiger partial charge in [0.15, 0.2) is 0 Å². The van der Waals surface area contributed by atoms with Crippen LogP contribution in [-0.2, 0) is 0 Å². The monoisotopic (exact) mass is 464 g/mol. The molecule has 0 spiro atoms. The van der Waals surface area contributed by atoms with Gasteiger partial charge in [0.1, 0.15) is 0 Å². The van der Waals surface area contributed by atoms with E-state index < -0.39 is 13.3 Å². The maximum atomic E-state index is 2.55. The summed E-state index contributed by atoms with van der Waals surface area (Å²) in [5, 5.41) is 7.88. The molecule has 1 unspecified atom stereocenters. The molecule has 0 N–H and O–H groups in total. The fourth-order valence-corrected chi connectivity index (χ4v) is 22.6. The second-order valence-corrected chi connectivity index (χ2v) is 19.1. The summed E-state index contributed by atoms with van der Waals surface area (Å²) in [4.78, 5) is 3.35. The van der Waals surface area contributed by atoms with Crippen molar-refractivity contribution in [2.24, 2.45) is 5.92 Å². The molecule has 0 bridgehead atoms. The molecule has 150 valence electrons. The maximum absolute atomic E-state index is 2.55. The van der Waals surface area contributed by atoms with Crippen molar-refractivity contribution in [2.75, 3.05) is 0 Å². The number of unbranched alkanes of at least 4 members (excludes halogenated alkanes) is 6. The van der Waals surface area contributed by atoms with Crippen LogP contribution in [-0.4, -0.2) is 13.3 Å². The van der Waals surface area contributed by atoms with Crippen molar-refractivity contribution in [2.45, 2.75) is 95.5 Å². The molecule has 3 heteroatoms. The average molecular weight is 463 g/mol. The molecule has 2 aromatic heterocycles. The van der Waals surface area contributed by atoms with Crippen molar-refractivity contribution < 1.29 is 0 Å². The molecule has 0 nitrogen and oxygen atoms in total. The zero-order chi connectivity index (χ0) is 19.1. The van der Waals surface area contributed by atoms with Crippen LogP contribution in [0.1, 0.15) is 85.0 Å². The topological polar surface area (TPSA) is 0 Å². The van der Waals surface area contributed by atoms with Gasteiger partial charge in [-0.25, -0.2) is 0 Å². The fraction of sp³-hybridized carbons (Fsp3) is 0.667. The third-order valence-corrected chi connectivity index (χ3v) is 20.7. The second-order valence-electron chi connectivity index (χ2n) is 8.55. The van der Waals surface area contributed by atoms with E-state index in [0.717, 1.165) is 5.92 Å². The van der Waals surface area contributed by atoms with Gasteiger partial charge in [0, 0.05) is 0 Å². The Kier molecular flexibility index (Phi) is 8.53. The molecule has 0 fully saturated rings. The summed E-state index contributed by atoms with van der Waals surface area (Å²) >= 11 is 1.84. The quantitative estimate of drug-likeness (QED) is 0.209. The third kappa shape index (κ3) is 4.75. The van der Waals surface area contributed by atoms with Crippen molar-refractivity contribution in [1.29, 1.82) is 0 Å². The second kappa shape index (κ2) is 10.6. The zero-order valence-electron chi connectivity index (χ0n) is 17.7. The summed E-state index contributed by atoms with van der Waals surface area (Å²) in [5.74, 6) is 0.948. The molecule has 27 heavy (non-hydrogen) atoms. The molecule has 0 saturated heterocycles. The van der Waals surface area contributed by atoms with Crippen LogP contribution in [0.3, 0.4) is 0 Å². The Hall–Kier alpha value is -0.0571. The molecule has 0 aromatic carbocycles. The van der Waals surface area contributed by atoms with E-state index >= 15 is 0 Å². The Labute approximate surface area is 178 Å². The third-order valence-electron chi connectivity index (χ3n) is 6.71. The van der Waals surface area contributed by atoms with Crippen molar-refractivity contribution in [3.63, 3.8) is 0 Å². The summed E-state index contributed by atoms with van der Waals surface area (Å²) in [6, 6.07) is 5.10. The molecule has 1 atom stereocenters. The number of hydrogen-bond acceptors (Lipinski definition) is 2. The molecule has 3 rings (SSSR count). The molecular weight excluding hydrogens is 425 g/mol. The first-order valence-electron chi connectivity index (χ1n) is 11.4. The summed E-state index contributed by atoms with van der Waals surface area (Å²) in [6.07, 6.45) is 14.2. The van der Waals surface area contributed by atoms with E-state index in [0.29, 0.717) is 0 Å². The minimum absolute atomic E-state index is 0.948. The first-order valence-corrected chi connectivity index (χ1v) is 18.3. The standard InChI is InChI=1S/C24H38GeS2/c1-4-7-9-10-11-12-16-25(19-20(6-3)13-8-5-2)21-14-17-26-23(21)24-22(25)15-18-27-24/h14-15,17-18,20H,4-13,16,19H2,1-3H3. The van der Waals surface area contributed by atoms with E-state index in [1.54, 1.807) is 20.3 Å². The average Bonchev–Trinajstić information content (AvgIpc) is 3.38. The Morgan fingerprint density at radius 3 is 1.96 bits per heavy atom. The molecule has 0 radical (unpaired) electrons. The van der Waals surface area contributed by atoms with Crippen LogP contribution in [0.4, 0.5) is 0 Å². The Bertz CT molecular complexity index is 644. The van der Waals surface area contributed by atoms with Gasteiger partial charge >= 0.3 is 179 Å². The molecule has 3 heterocycles. The Morgan fingerprint density at radius 2 is 1.37 bits per heavy atom. The van der Waals surface area contributed by atoms with Crippen molar-refractivity contribution in [3.05, 3.63) is 22.9 Å². The molecule has 1 aliphatic heterocycles. The van der Waals surface area contributed by atoms with Crippen molar-refractivity contribution in [3.8, 4) is 9.75 Å². The van der Waals surface area contributed by atoms with E-state index in [4.69, 9.17) is 0 Å². The van der Waals surface area contributed by atoms with Gasteiger partial charge in [-0.1, -0.05) is 0 Å². The molecule has 0 aliphatic carbocycles. The van der Waals surface area contributed by atoms with E-state index in [9.17, 15) is 0 Å². The molecular formula is C24H38GeS2. The summed E-state index contributed by atoms with van der Waals surface area (Å²) in [7, 11) is 0. The van der Waals surface area contributed by atoms with E-state index in [1.165, 1.54) is 64.2 Å². The van der Waals surface area contributed by atoms with Crippen molar-refractivity contribution >= 4 is 44.7 Å². The molecule has 2 aromatic rings. The van der Waals surface area contributed by atoms with Crippen LogP contribution in [0.5, 0.6) is 0 Å².